The molecule has 3 heteroatoms. The number of halogens is 1. The maximum atomic E-state index is 12.0. The first kappa shape index (κ1) is 14.9. The molecule has 0 aromatic rings. The average Bonchev–Trinajstić information content (AvgIpc) is 2.34. The molecule has 102 valence electrons. The second-order valence-corrected chi connectivity index (χ2v) is 5.35. The van der Waals surface area contributed by atoms with Crippen LogP contribution in [0.5, 0.6) is 0 Å². The van der Waals surface area contributed by atoms with E-state index in [1.165, 1.54) is 38.6 Å². The second kappa shape index (κ2) is 8.87. The summed E-state index contributed by atoms with van der Waals surface area (Å²) in [6.45, 7) is 4.42. The fourth-order valence-electron chi connectivity index (χ4n) is 2.82. The maximum absolute atomic E-state index is 12.0. The number of hydrogen-bond donors (Lipinski definition) is 1. The summed E-state index contributed by atoms with van der Waals surface area (Å²) >= 11 is 0. The molecule has 0 heterocycles. The van der Waals surface area contributed by atoms with Crippen molar-refractivity contribution < 1.29 is 4.39 Å². The van der Waals surface area contributed by atoms with E-state index in [4.69, 9.17) is 5.73 Å². The van der Waals surface area contributed by atoms with Crippen LogP contribution in [0.2, 0.25) is 0 Å². The molecule has 0 saturated heterocycles. The Morgan fingerprint density at radius 2 is 1.76 bits per heavy atom. The lowest BCUT2D eigenvalue weighted by Crippen LogP contribution is -2.41. The monoisotopic (exact) mass is 244 g/mol. The number of nitrogens with zero attached hydrogens (tertiary/aromatic N) is 1. The SMILES string of the molecule is CCCN(CCCCCF)C1CCC(N)CC1. The Morgan fingerprint density at radius 1 is 1.06 bits per heavy atom. The molecule has 1 fully saturated rings. The van der Waals surface area contributed by atoms with Crippen LogP contribution in [0.1, 0.15) is 58.3 Å². The minimum absolute atomic E-state index is 0.161. The lowest BCUT2D eigenvalue weighted by atomic mass is 9.90. The van der Waals surface area contributed by atoms with Gasteiger partial charge in [0.2, 0.25) is 0 Å². The predicted molar refractivity (Wildman–Crippen MR) is 71.9 cm³/mol. The minimum Gasteiger partial charge on any atom is -0.328 e. The van der Waals surface area contributed by atoms with Gasteiger partial charge in [-0.2, -0.15) is 0 Å². The average molecular weight is 244 g/mol. The summed E-state index contributed by atoms with van der Waals surface area (Å²) in [7, 11) is 0. The highest BCUT2D eigenvalue weighted by molar-refractivity contribution is 4.81. The fraction of sp³-hybridized carbons (Fsp3) is 1.00. The molecular formula is C14H29FN2. The number of rotatable bonds is 8. The van der Waals surface area contributed by atoms with E-state index < -0.39 is 0 Å². The van der Waals surface area contributed by atoms with E-state index >= 15 is 0 Å². The molecule has 2 N–H and O–H groups in total. The number of nitrogens with two attached hydrogens (primary N) is 1. The molecule has 0 aromatic carbocycles. The number of hydrogen-bond acceptors (Lipinski definition) is 2. The summed E-state index contributed by atoms with van der Waals surface area (Å²) in [5.41, 5.74) is 5.95. The zero-order valence-electron chi connectivity index (χ0n) is 11.3. The van der Waals surface area contributed by atoms with Crippen molar-refractivity contribution in [2.75, 3.05) is 19.8 Å². The summed E-state index contributed by atoms with van der Waals surface area (Å²) in [6, 6.07) is 1.17. The molecule has 0 aromatic heterocycles. The zero-order valence-corrected chi connectivity index (χ0v) is 11.3. The third kappa shape index (κ3) is 5.82. The Balaban J connectivity index is 2.26. The normalized spacial score (nSPS) is 25.4. The summed E-state index contributed by atoms with van der Waals surface area (Å²) in [6.07, 6.45) is 8.98. The van der Waals surface area contributed by atoms with Crippen molar-refractivity contribution >= 4 is 0 Å². The quantitative estimate of drug-likeness (QED) is 0.665. The molecule has 0 bridgehead atoms. The van der Waals surface area contributed by atoms with Crippen LogP contribution in [-0.2, 0) is 0 Å². The van der Waals surface area contributed by atoms with E-state index in [2.05, 4.69) is 11.8 Å². The van der Waals surface area contributed by atoms with Crippen LogP contribution in [0.25, 0.3) is 0 Å². The summed E-state index contributed by atoms with van der Waals surface area (Å²) < 4.78 is 12.0. The van der Waals surface area contributed by atoms with Gasteiger partial charge in [-0.1, -0.05) is 6.92 Å². The molecule has 0 radical (unpaired) electrons. The Labute approximate surface area is 106 Å². The zero-order chi connectivity index (χ0) is 12.5. The first-order valence-corrected chi connectivity index (χ1v) is 7.33. The van der Waals surface area contributed by atoms with Crippen molar-refractivity contribution in [1.29, 1.82) is 0 Å². The van der Waals surface area contributed by atoms with Gasteiger partial charge >= 0.3 is 0 Å². The summed E-state index contributed by atoms with van der Waals surface area (Å²) in [5.74, 6) is 0. The van der Waals surface area contributed by atoms with Crippen molar-refractivity contribution in [1.82, 2.24) is 4.90 Å². The smallest absolute Gasteiger partial charge is 0.0894 e. The lowest BCUT2D eigenvalue weighted by molar-refractivity contribution is 0.146. The highest BCUT2D eigenvalue weighted by atomic mass is 19.1. The minimum atomic E-state index is -0.161. The number of alkyl halides is 1. The summed E-state index contributed by atoms with van der Waals surface area (Å²) in [5, 5.41) is 0. The molecule has 0 unspecified atom stereocenters. The van der Waals surface area contributed by atoms with Crippen molar-refractivity contribution in [2.24, 2.45) is 5.73 Å². The molecular weight excluding hydrogens is 215 g/mol. The maximum Gasteiger partial charge on any atom is 0.0894 e. The van der Waals surface area contributed by atoms with Crippen molar-refractivity contribution in [3.05, 3.63) is 0 Å². The number of unbranched alkanes of at least 4 members (excludes halogenated alkanes) is 2. The third-order valence-electron chi connectivity index (χ3n) is 3.85. The first-order valence-electron chi connectivity index (χ1n) is 7.33. The van der Waals surface area contributed by atoms with Gasteiger partial charge in [0.25, 0.3) is 0 Å². The topological polar surface area (TPSA) is 29.3 Å². The third-order valence-corrected chi connectivity index (χ3v) is 3.85. The molecule has 1 rings (SSSR count). The van der Waals surface area contributed by atoms with Gasteiger partial charge in [-0.25, -0.2) is 0 Å². The van der Waals surface area contributed by atoms with E-state index in [1.807, 2.05) is 0 Å². The van der Waals surface area contributed by atoms with E-state index in [9.17, 15) is 4.39 Å². The largest absolute Gasteiger partial charge is 0.328 e. The molecule has 0 aliphatic heterocycles. The highest BCUT2D eigenvalue weighted by Crippen LogP contribution is 2.22. The van der Waals surface area contributed by atoms with Gasteiger partial charge in [0, 0.05) is 12.1 Å². The van der Waals surface area contributed by atoms with Gasteiger partial charge in [-0.15, -0.1) is 0 Å². The molecule has 2 nitrogen and oxygen atoms in total. The van der Waals surface area contributed by atoms with Gasteiger partial charge in [0.15, 0.2) is 0 Å². The fourth-order valence-corrected chi connectivity index (χ4v) is 2.82. The molecule has 0 atom stereocenters. The Kier molecular flexibility index (Phi) is 7.78. The van der Waals surface area contributed by atoms with E-state index in [0.717, 1.165) is 31.8 Å². The van der Waals surface area contributed by atoms with E-state index in [1.54, 1.807) is 0 Å². The Bertz CT molecular complexity index is 179. The van der Waals surface area contributed by atoms with Gasteiger partial charge in [-0.3, -0.25) is 4.39 Å². The van der Waals surface area contributed by atoms with Gasteiger partial charge in [0.05, 0.1) is 6.67 Å². The van der Waals surface area contributed by atoms with Crippen LogP contribution < -0.4 is 5.73 Å². The second-order valence-electron chi connectivity index (χ2n) is 5.35. The van der Waals surface area contributed by atoms with Crippen LogP contribution in [0.3, 0.4) is 0 Å². The van der Waals surface area contributed by atoms with E-state index in [-0.39, 0.29) is 6.67 Å². The van der Waals surface area contributed by atoms with Crippen LogP contribution in [0, 0.1) is 0 Å². The molecule has 0 spiro atoms. The van der Waals surface area contributed by atoms with Gasteiger partial charge in [-0.05, 0) is 64.5 Å². The molecule has 0 amide bonds. The summed E-state index contributed by atoms with van der Waals surface area (Å²) in [4.78, 5) is 2.62. The first-order chi connectivity index (χ1) is 8.27. The molecule has 1 aliphatic carbocycles. The molecule has 1 aliphatic rings. The lowest BCUT2D eigenvalue weighted by Gasteiger charge is -2.36. The molecule has 1 saturated carbocycles. The van der Waals surface area contributed by atoms with Gasteiger partial charge in [0.1, 0.15) is 0 Å². The van der Waals surface area contributed by atoms with Crippen molar-refractivity contribution in [3.63, 3.8) is 0 Å². The van der Waals surface area contributed by atoms with Crippen LogP contribution in [0.15, 0.2) is 0 Å². The van der Waals surface area contributed by atoms with Crippen LogP contribution >= 0.6 is 0 Å². The van der Waals surface area contributed by atoms with E-state index in [0.29, 0.717) is 6.04 Å². The predicted octanol–water partition coefficient (Wildman–Crippen LogP) is 3.11. The Hall–Kier alpha value is -0.150. The standard InChI is InChI=1S/C14H29FN2/c1-2-11-17(12-5-3-4-10-15)14-8-6-13(16)7-9-14/h13-14H,2-12,16H2,1H3. The van der Waals surface area contributed by atoms with Crippen molar-refractivity contribution in [2.45, 2.75) is 70.4 Å². The highest BCUT2D eigenvalue weighted by Gasteiger charge is 2.23. The van der Waals surface area contributed by atoms with Crippen LogP contribution in [-0.4, -0.2) is 36.7 Å². The van der Waals surface area contributed by atoms with Crippen LogP contribution in [0.4, 0.5) is 4.39 Å². The molecule has 17 heavy (non-hydrogen) atoms. The van der Waals surface area contributed by atoms with Crippen molar-refractivity contribution in [3.8, 4) is 0 Å². The van der Waals surface area contributed by atoms with Gasteiger partial charge < -0.3 is 10.6 Å². The Morgan fingerprint density at radius 3 is 2.35 bits per heavy atom.